The Labute approximate surface area is 131 Å². The summed E-state index contributed by atoms with van der Waals surface area (Å²) in [6, 6.07) is 10.2. The molecular weight excluding hydrogens is 272 g/mol. The SMILES string of the molecule is C=CC12CCN(CC1)C(C(O)c1ccnc3ccccc13)C2. The third-order valence-corrected chi connectivity index (χ3v) is 5.68. The lowest BCUT2D eigenvalue weighted by atomic mass is 9.67. The van der Waals surface area contributed by atoms with E-state index in [-0.39, 0.29) is 11.5 Å². The van der Waals surface area contributed by atoms with E-state index in [1.807, 2.05) is 24.3 Å². The monoisotopic (exact) mass is 294 g/mol. The molecule has 22 heavy (non-hydrogen) atoms. The van der Waals surface area contributed by atoms with Gasteiger partial charge in [0.05, 0.1) is 11.6 Å². The van der Waals surface area contributed by atoms with Crippen LogP contribution in [0.5, 0.6) is 0 Å². The molecule has 3 fully saturated rings. The molecule has 3 aliphatic heterocycles. The van der Waals surface area contributed by atoms with Gasteiger partial charge in [0, 0.05) is 17.6 Å². The topological polar surface area (TPSA) is 36.4 Å². The molecule has 5 rings (SSSR count). The predicted octanol–water partition coefficient (Wildman–Crippen LogP) is 3.31. The molecule has 1 aromatic heterocycles. The highest BCUT2D eigenvalue weighted by molar-refractivity contribution is 5.82. The van der Waals surface area contributed by atoms with Gasteiger partial charge in [-0.3, -0.25) is 9.88 Å². The largest absolute Gasteiger partial charge is 0.387 e. The highest BCUT2D eigenvalue weighted by Crippen LogP contribution is 2.47. The number of benzene rings is 1. The van der Waals surface area contributed by atoms with E-state index in [1.54, 1.807) is 6.20 Å². The van der Waals surface area contributed by atoms with Crippen molar-refractivity contribution in [3.05, 3.63) is 54.7 Å². The van der Waals surface area contributed by atoms with Crippen molar-refractivity contribution in [1.29, 1.82) is 0 Å². The first kappa shape index (κ1) is 13.9. The van der Waals surface area contributed by atoms with Crippen LogP contribution in [0.3, 0.4) is 0 Å². The number of aliphatic hydroxyl groups is 1. The summed E-state index contributed by atoms with van der Waals surface area (Å²) in [5.41, 5.74) is 2.18. The van der Waals surface area contributed by atoms with Crippen LogP contribution in [0.25, 0.3) is 10.9 Å². The molecule has 1 aromatic carbocycles. The van der Waals surface area contributed by atoms with Gasteiger partial charge in [0.1, 0.15) is 0 Å². The number of nitrogens with zero attached hydrogens (tertiary/aromatic N) is 2. The highest BCUT2D eigenvalue weighted by atomic mass is 16.3. The molecule has 3 heteroatoms. The number of para-hydroxylation sites is 1. The molecule has 0 amide bonds. The molecule has 3 nitrogen and oxygen atoms in total. The minimum absolute atomic E-state index is 0.186. The second kappa shape index (κ2) is 5.18. The Morgan fingerprint density at radius 1 is 1.27 bits per heavy atom. The van der Waals surface area contributed by atoms with Gasteiger partial charge in [0.2, 0.25) is 0 Å². The molecule has 3 saturated heterocycles. The van der Waals surface area contributed by atoms with Crippen molar-refractivity contribution in [3.63, 3.8) is 0 Å². The second-order valence-electron chi connectivity index (χ2n) is 6.74. The van der Waals surface area contributed by atoms with Crippen molar-refractivity contribution in [2.45, 2.75) is 31.4 Å². The number of hydrogen-bond donors (Lipinski definition) is 1. The van der Waals surface area contributed by atoms with Gasteiger partial charge in [0.15, 0.2) is 0 Å². The van der Waals surface area contributed by atoms with E-state index in [2.05, 4.69) is 28.6 Å². The van der Waals surface area contributed by atoms with E-state index in [9.17, 15) is 5.11 Å². The first-order valence-corrected chi connectivity index (χ1v) is 8.12. The van der Waals surface area contributed by atoms with E-state index in [0.29, 0.717) is 0 Å². The van der Waals surface area contributed by atoms with E-state index in [4.69, 9.17) is 0 Å². The predicted molar refractivity (Wildman–Crippen MR) is 88.5 cm³/mol. The van der Waals surface area contributed by atoms with Crippen molar-refractivity contribution in [2.24, 2.45) is 5.41 Å². The van der Waals surface area contributed by atoms with Crippen LogP contribution in [0.1, 0.15) is 30.9 Å². The Balaban J connectivity index is 1.72. The molecule has 0 saturated carbocycles. The third kappa shape index (κ3) is 2.08. The van der Waals surface area contributed by atoms with E-state index in [1.165, 1.54) is 12.8 Å². The Morgan fingerprint density at radius 2 is 2.05 bits per heavy atom. The van der Waals surface area contributed by atoms with Crippen LogP contribution in [0.15, 0.2) is 49.2 Å². The summed E-state index contributed by atoms with van der Waals surface area (Å²) in [4.78, 5) is 6.86. The number of hydrogen-bond acceptors (Lipinski definition) is 3. The Morgan fingerprint density at radius 3 is 2.82 bits per heavy atom. The Kier molecular flexibility index (Phi) is 3.28. The molecule has 0 radical (unpaired) electrons. The minimum atomic E-state index is -0.465. The summed E-state index contributed by atoms with van der Waals surface area (Å²) in [5, 5.41) is 12.1. The fourth-order valence-electron chi connectivity index (χ4n) is 4.23. The van der Waals surface area contributed by atoms with Gasteiger partial charge in [-0.05, 0) is 55.5 Å². The van der Waals surface area contributed by atoms with Crippen LogP contribution in [0, 0.1) is 5.41 Å². The maximum Gasteiger partial charge on any atom is 0.0952 e. The summed E-state index contributed by atoms with van der Waals surface area (Å²) >= 11 is 0. The van der Waals surface area contributed by atoms with Crippen LogP contribution in [0.4, 0.5) is 0 Å². The molecule has 114 valence electrons. The molecule has 2 atom stereocenters. The zero-order valence-corrected chi connectivity index (χ0v) is 12.8. The number of fused-ring (bicyclic) bond motifs is 4. The number of allylic oxidation sites excluding steroid dienone is 1. The summed E-state index contributed by atoms with van der Waals surface area (Å²) in [5.74, 6) is 0. The zero-order valence-electron chi connectivity index (χ0n) is 12.8. The molecule has 1 N–H and O–H groups in total. The molecule has 3 aliphatic rings. The van der Waals surface area contributed by atoms with Gasteiger partial charge in [-0.15, -0.1) is 6.58 Å². The lowest BCUT2D eigenvalue weighted by Crippen LogP contribution is -2.55. The van der Waals surface area contributed by atoms with Crippen molar-refractivity contribution in [3.8, 4) is 0 Å². The van der Waals surface area contributed by atoms with Crippen molar-refractivity contribution >= 4 is 10.9 Å². The van der Waals surface area contributed by atoms with E-state index < -0.39 is 6.10 Å². The molecule has 2 aromatic rings. The minimum Gasteiger partial charge on any atom is -0.387 e. The molecule has 4 heterocycles. The Hall–Kier alpha value is -1.71. The van der Waals surface area contributed by atoms with Gasteiger partial charge in [0.25, 0.3) is 0 Å². The first-order valence-electron chi connectivity index (χ1n) is 8.12. The molecule has 0 aliphatic carbocycles. The summed E-state index contributed by atoms with van der Waals surface area (Å²) < 4.78 is 0. The number of pyridine rings is 1. The van der Waals surface area contributed by atoms with Gasteiger partial charge < -0.3 is 5.11 Å². The Bertz CT molecular complexity index is 698. The molecule has 2 bridgehead atoms. The first-order chi connectivity index (χ1) is 10.7. The van der Waals surface area contributed by atoms with Crippen LogP contribution >= 0.6 is 0 Å². The van der Waals surface area contributed by atoms with Gasteiger partial charge in [-0.2, -0.15) is 0 Å². The molecular formula is C19H22N2O. The smallest absolute Gasteiger partial charge is 0.0952 e. The number of aliphatic hydroxyl groups excluding tert-OH is 1. The average Bonchev–Trinajstić information content (AvgIpc) is 2.61. The van der Waals surface area contributed by atoms with Crippen LogP contribution in [0.2, 0.25) is 0 Å². The van der Waals surface area contributed by atoms with Crippen LogP contribution in [-0.4, -0.2) is 34.1 Å². The normalized spacial score (nSPS) is 32.0. The highest BCUT2D eigenvalue weighted by Gasteiger charge is 2.45. The lowest BCUT2D eigenvalue weighted by Gasteiger charge is -2.53. The van der Waals surface area contributed by atoms with Crippen molar-refractivity contribution in [1.82, 2.24) is 9.88 Å². The second-order valence-corrected chi connectivity index (χ2v) is 6.74. The molecule has 2 unspecified atom stereocenters. The average molecular weight is 294 g/mol. The molecule has 0 spiro atoms. The standard InChI is InChI=1S/C19H22N2O/c1-2-19-8-11-21(12-9-19)17(13-19)18(22)15-7-10-20-16-6-4-3-5-14(15)16/h2-7,10,17-18,22H,1,8-9,11-13H2. The van der Waals surface area contributed by atoms with Crippen molar-refractivity contribution in [2.75, 3.05) is 13.1 Å². The van der Waals surface area contributed by atoms with Gasteiger partial charge >= 0.3 is 0 Å². The quantitative estimate of drug-likeness (QED) is 0.882. The van der Waals surface area contributed by atoms with E-state index in [0.717, 1.165) is 36.0 Å². The lowest BCUT2D eigenvalue weighted by molar-refractivity contribution is -0.0522. The third-order valence-electron chi connectivity index (χ3n) is 5.68. The summed E-state index contributed by atoms with van der Waals surface area (Å²) in [6.45, 7) is 6.19. The van der Waals surface area contributed by atoms with Crippen LogP contribution < -0.4 is 0 Å². The van der Waals surface area contributed by atoms with E-state index >= 15 is 0 Å². The summed E-state index contributed by atoms with van der Waals surface area (Å²) in [7, 11) is 0. The maximum atomic E-state index is 11.1. The maximum absolute atomic E-state index is 11.1. The van der Waals surface area contributed by atoms with Gasteiger partial charge in [-0.25, -0.2) is 0 Å². The zero-order chi connectivity index (χ0) is 15.2. The van der Waals surface area contributed by atoms with Gasteiger partial charge in [-0.1, -0.05) is 24.3 Å². The number of aromatic nitrogens is 1. The fraction of sp³-hybridized carbons (Fsp3) is 0.421. The number of rotatable bonds is 3. The summed E-state index contributed by atoms with van der Waals surface area (Å²) in [6.07, 6.45) is 6.84. The van der Waals surface area contributed by atoms with Crippen LogP contribution in [-0.2, 0) is 0 Å². The fourth-order valence-corrected chi connectivity index (χ4v) is 4.23. The number of piperidine rings is 3. The van der Waals surface area contributed by atoms with Crippen molar-refractivity contribution < 1.29 is 5.11 Å².